The van der Waals surface area contributed by atoms with E-state index in [-0.39, 0.29) is 22.1 Å². The molecule has 3 aromatic carbocycles. The number of nitrogens with zero attached hydrogens (tertiary/aromatic N) is 3. The number of aromatic amines is 1. The van der Waals surface area contributed by atoms with Crippen LogP contribution >= 0.6 is 11.6 Å². The van der Waals surface area contributed by atoms with E-state index >= 15 is 0 Å². The molecule has 0 radical (unpaired) electrons. The lowest BCUT2D eigenvalue weighted by Gasteiger charge is -2.08. The predicted molar refractivity (Wildman–Crippen MR) is 116 cm³/mol. The summed E-state index contributed by atoms with van der Waals surface area (Å²) in [5.41, 5.74) is 0.479. The summed E-state index contributed by atoms with van der Waals surface area (Å²) in [6, 6.07) is 13.7. The fourth-order valence-electron chi connectivity index (χ4n) is 3.16. The summed E-state index contributed by atoms with van der Waals surface area (Å²) < 4.78 is 34.1. The number of benzene rings is 3. The molecule has 158 valence electrons. The van der Waals surface area contributed by atoms with Crippen molar-refractivity contribution < 1.29 is 18.1 Å². The number of nitrogens with one attached hydrogen (secondary N) is 1. The average molecular weight is 459 g/mol. The van der Waals surface area contributed by atoms with Crippen LogP contribution in [0.2, 0.25) is 5.02 Å². The molecule has 0 unspecified atom stereocenters. The van der Waals surface area contributed by atoms with E-state index in [1.165, 1.54) is 16.8 Å². The Bertz CT molecular complexity index is 1510. The first-order valence-corrected chi connectivity index (χ1v) is 10.7. The van der Waals surface area contributed by atoms with Crippen LogP contribution in [0.3, 0.4) is 0 Å². The van der Waals surface area contributed by atoms with E-state index in [1.807, 2.05) is 0 Å². The molecule has 0 aliphatic rings. The maximum Gasteiger partial charge on any atom is 0.299 e. The number of rotatable bonds is 4. The molecule has 0 saturated heterocycles. The zero-order valence-corrected chi connectivity index (χ0v) is 17.5. The monoisotopic (exact) mass is 458 g/mol. The molecule has 0 saturated carbocycles. The summed E-state index contributed by atoms with van der Waals surface area (Å²) in [5.74, 6) is -0.513. The molecule has 0 aliphatic heterocycles. The first-order valence-electron chi connectivity index (χ1n) is 8.88. The van der Waals surface area contributed by atoms with Gasteiger partial charge in [-0.1, -0.05) is 35.9 Å². The second kappa shape index (κ2) is 7.65. The molecular formula is C20H15ClN4O5S. The van der Waals surface area contributed by atoms with Gasteiger partial charge in [-0.15, -0.1) is 10.2 Å². The number of hydrogen-bond acceptors (Lipinski definition) is 6. The minimum atomic E-state index is -4.58. The molecule has 31 heavy (non-hydrogen) atoms. The molecule has 0 aliphatic carbocycles. The highest BCUT2D eigenvalue weighted by atomic mass is 35.5. The SMILES string of the molecule is Cc1[nH]n(-c2ccc(Cl)cc2)c(=O)c1N=Nc1c(O)cc(S(=O)(=O)O)c2ccccc12. The van der Waals surface area contributed by atoms with E-state index in [0.717, 1.165) is 6.07 Å². The largest absolute Gasteiger partial charge is 0.506 e. The Hall–Kier alpha value is -3.47. The highest BCUT2D eigenvalue weighted by Crippen LogP contribution is 2.39. The summed E-state index contributed by atoms with van der Waals surface area (Å²) in [4.78, 5) is 12.3. The fraction of sp³-hybridized carbons (Fsp3) is 0.0500. The Kier molecular flexibility index (Phi) is 5.13. The second-order valence-corrected chi connectivity index (χ2v) is 8.49. The van der Waals surface area contributed by atoms with E-state index < -0.39 is 26.3 Å². The summed E-state index contributed by atoms with van der Waals surface area (Å²) in [7, 11) is -4.58. The number of fused-ring (bicyclic) bond motifs is 1. The second-order valence-electron chi connectivity index (χ2n) is 6.67. The first-order chi connectivity index (χ1) is 14.7. The van der Waals surface area contributed by atoms with Crippen molar-refractivity contribution in [2.24, 2.45) is 10.2 Å². The maximum atomic E-state index is 12.8. The van der Waals surface area contributed by atoms with Gasteiger partial charge in [0, 0.05) is 21.9 Å². The summed E-state index contributed by atoms with van der Waals surface area (Å²) >= 11 is 5.89. The molecule has 0 amide bonds. The number of hydrogen-bond donors (Lipinski definition) is 3. The standard InChI is InChI=1S/C20H15ClN4O5S/c1-11-18(20(27)25(24-11)13-8-6-12(21)7-9-13)22-23-19-15-5-3-2-4-14(15)17(10-16(19)26)31(28,29)30/h2-10,24,26H,1H3,(H,28,29,30). The zero-order chi connectivity index (χ0) is 22.3. The van der Waals surface area contributed by atoms with Crippen LogP contribution in [-0.4, -0.2) is 27.9 Å². The van der Waals surface area contributed by atoms with Gasteiger partial charge < -0.3 is 5.11 Å². The van der Waals surface area contributed by atoms with Gasteiger partial charge in [0.15, 0.2) is 5.69 Å². The Balaban J connectivity index is 1.84. The molecule has 9 nitrogen and oxygen atoms in total. The molecule has 3 N–H and O–H groups in total. The van der Waals surface area contributed by atoms with Gasteiger partial charge >= 0.3 is 0 Å². The average Bonchev–Trinajstić information content (AvgIpc) is 3.00. The smallest absolute Gasteiger partial charge is 0.299 e. The predicted octanol–water partition coefficient (Wildman–Crippen LogP) is 4.65. The highest BCUT2D eigenvalue weighted by molar-refractivity contribution is 7.86. The summed E-state index contributed by atoms with van der Waals surface area (Å²) in [5, 5.41) is 22.2. The molecule has 0 atom stereocenters. The number of azo groups is 1. The van der Waals surface area contributed by atoms with Gasteiger partial charge in [0.1, 0.15) is 16.3 Å². The van der Waals surface area contributed by atoms with E-state index in [0.29, 0.717) is 16.4 Å². The van der Waals surface area contributed by atoms with Crippen LogP contribution < -0.4 is 5.56 Å². The lowest BCUT2D eigenvalue weighted by molar-refractivity contribution is 0.468. The molecule has 0 bridgehead atoms. The van der Waals surface area contributed by atoms with Gasteiger partial charge in [0.05, 0.1) is 11.4 Å². The zero-order valence-electron chi connectivity index (χ0n) is 15.9. The van der Waals surface area contributed by atoms with Crippen LogP contribution in [0.15, 0.2) is 74.5 Å². The topological polar surface area (TPSA) is 137 Å². The van der Waals surface area contributed by atoms with E-state index in [2.05, 4.69) is 15.3 Å². The van der Waals surface area contributed by atoms with Crippen molar-refractivity contribution in [2.45, 2.75) is 11.8 Å². The first kappa shape index (κ1) is 20.8. The van der Waals surface area contributed by atoms with Crippen LogP contribution in [0.25, 0.3) is 16.5 Å². The normalized spacial score (nSPS) is 12.1. The van der Waals surface area contributed by atoms with E-state index in [4.69, 9.17) is 11.6 Å². The van der Waals surface area contributed by atoms with E-state index in [1.54, 1.807) is 43.3 Å². The van der Waals surface area contributed by atoms with Crippen molar-refractivity contribution >= 4 is 43.9 Å². The molecule has 4 aromatic rings. The van der Waals surface area contributed by atoms with Gasteiger partial charge in [0.2, 0.25) is 0 Å². The van der Waals surface area contributed by atoms with Gasteiger partial charge in [-0.25, -0.2) is 4.68 Å². The maximum absolute atomic E-state index is 12.8. The van der Waals surface area contributed by atoms with Gasteiger partial charge in [-0.05, 0) is 31.2 Å². The van der Waals surface area contributed by atoms with Crippen molar-refractivity contribution in [1.82, 2.24) is 9.78 Å². The Labute approximate surface area is 181 Å². The Morgan fingerprint density at radius 1 is 1.00 bits per heavy atom. The molecule has 0 fully saturated rings. The van der Waals surface area contributed by atoms with Crippen molar-refractivity contribution in [2.75, 3.05) is 0 Å². The highest BCUT2D eigenvalue weighted by Gasteiger charge is 2.20. The van der Waals surface area contributed by atoms with Crippen LogP contribution in [-0.2, 0) is 10.1 Å². The third-order valence-electron chi connectivity index (χ3n) is 4.61. The number of halogens is 1. The van der Waals surface area contributed by atoms with Crippen molar-refractivity contribution in [3.63, 3.8) is 0 Å². The van der Waals surface area contributed by atoms with Gasteiger partial charge in [0.25, 0.3) is 15.7 Å². The third-order valence-corrected chi connectivity index (χ3v) is 5.76. The summed E-state index contributed by atoms with van der Waals surface area (Å²) in [6.07, 6.45) is 0. The number of phenols is 1. The number of aromatic hydroxyl groups is 1. The molecule has 1 aromatic heterocycles. The molecule has 11 heteroatoms. The third kappa shape index (κ3) is 3.83. The fourth-order valence-corrected chi connectivity index (χ4v) is 4.00. The summed E-state index contributed by atoms with van der Waals surface area (Å²) in [6.45, 7) is 1.64. The molecule has 4 rings (SSSR count). The van der Waals surface area contributed by atoms with Crippen LogP contribution in [0.1, 0.15) is 5.69 Å². The minimum Gasteiger partial charge on any atom is -0.506 e. The number of phenolic OH excluding ortho intramolecular Hbond substituents is 1. The van der Waals surface area contributed by atoms with Gasteiger partial charge in [-0.2, -0.15) is 8.42 Å². The number of H-pyrrole nitrogens is 1. The molecule has 1 heterocycles. The van der Waals surface area contributed by atoms with Crippen molar-refractivity contribution in [3.8, 4) is 11.4 Å². The lowest BCUT2D eigenvalue weighted by atomic mass is 10.1. The van der Waals surface area contributed by atoms with Crippen LogP contribution in [0.4, 0.5) is 11.4 Å². The van der Waals surface area contributed by atoms with Crippen molar-refractivity contribution in [1.29, 1.82) is 0 Å². The Morgan fingerprint density at radius 2 is 1.61 bits per heavy atom. The Morgan fingerprint density at radius 3 is 2.26 bits per heavy atom. The lowest BCUT2D eigenvalue weighted by Crippen LogP contribution is -2.13. The van der Waals surface area contributed by atoms with Crippen LogP contribution in [0, 0.1) is 6.92 Å². The molecular weight excluding hydrogens is 444 g/mol. The quantitative estimate of drug-likeness (QED) is 0.302. The van der Waals surface area contributed by atoms with Crippen LogP contribution in [0.5, 0.6) is 5.75 Å². The molecule has 0 spiro atoms. The van der Waals surface area contributed by atoms with Crippen molar-refractivity contribution in [3.05, 3.63) is 75.7 Å². The number of aromatic nitrogens is 2. The van der Waals surface area contributed by atoms with Gasteiger partial charge in [-0.3, -0.25) is 14.4 Å². The van der Waals surface area contributed by atoms with E-state index in [9.17, 15) is 22.9 Å². The number of aryl methyl sites for hydroxylation is 1. The minimum absolute atomic E-state index is 0.0114.